The van der Waals surface area contributed by atoms with Crippen molar-refractivity contribution in [3.63, 3.8) is 0 Å². The molecule has 0 aliphatic rings. The van der Waals surface area contributed by atoms with Gasteiger partial charge in [0.25, 0.3) is 0 Å². The highest BCUT2D eigenvalue weighted by atomic mass is 16.5. The van der Waals surface area contributed by atoms with Gasteiger partial charge in [-0.3, -0.25) is 4.79 Å². The maximum absolute atomic E-state index is 11.6. The summed E-state index contributed by atoms with van der Waals surface area (Å²) < 4.78 is 5.35. The lowest BCUT2D eigenvalue weighted by Gasteiger charge is -2.13. The van der Waals surface area contributed by atoms with E-state index in [4.69, 9.17) is 4.74 Å². The fraction of sp³-hybridized carbons (Fsp3) is 0.467. The van der Waals surface area contributed by atoms with Crippen molar-refractivity contribution >= 4 is 11.8 Å². The number of Topliss-reactive ketones (excluding diaryl/α,β-unsaturated/α-hetero) is 1. The van der Waals surface area contributed by atoms with Gasteiger partial charge in [0.1, 0.15) is 11.5 Å². The molecule has 0 aliphatic carbocycles. The molecule has 0 spiro atoms. The first-order valence-electron chi connectivity index (χ1n) is 6.21. The molecule has 3 nitrogen and oxygen atoms in total. The Morgan fingerprint density at radius 2 is 1.89 bits per heavy atom. The molecule has 1 aromatic carbocycles. The second-order valence-electron chi connectivity index (χ2n) is 4.87. The number of carbonyl (C=O) groups excluding carboxylic acids is 2. The summed E-state index contributed by atoms with van der Waals surface area (Å²) in [4.78, 5) is 22.5. The number of rotatable bonds is 5. The molecule has 0 radical (unpaired) electrons. The maximum Gasteiger partial charge on any atom is 0.311 e. The highest BCUT2D eigenvalue weighted by Crippen LogP contribution is 2.27. The molecule has 0 saturated carbocycles. The van der Waals surface area contributed by atoms with E-state index in [9.17, 15) is 9.59 Å². The fourth-order valence-corrected chi connectivity index (χ4v) is 1.66. The first-order valence-corrected chi connectivity index (χ1v) is 6.21. The molecule has 3 heteroatoms. The van der Waals surface area contributed by atoms with Crippen LogP contribution >= 0.6 is 0 Å². The minimum atomic E-state index is -0.349. The van der Waals surface area contributed by atoms with Crippen molar-refractivity contribution in [1.29, 1.82) is 0 Å². The van der Waals surface area contributed by atoms with Crippen LogP contribution in [-0.2, 0) is 9.59 Å². The number of esters is 1. The topological polar surface area (TPSA) is 43.4 Å². The molecule has 0 heterocycles. The number of benzene rings is 1. The van der Waals surface area contributed by atoms with E-state index in [1.54, 1.807) is 0 Å². The molecule has 0 amide bonds. The molecular weight excluding hydrogens is 228 g/mol. The number of carbonyl (C=O) groups is 2. The zero-order valence-electron chi connectivity index (χ0n) is 11.4. The molecule has 0 fully saturated rings. The van der Waals surface area contributed by atoms with Gasteiger partial charge < -0.3 is 9.53 Å². The van der Waals surface area contributed by atoms with Crippen LogP contribution in [0.4, 0.5) is 0 Å². The van der Waals surface area contributed by atoms with E-state index in [1.165, 1.54) is 6.92 Å². The average molecular weight is 248 g/mol. The van der Waals surface area contributed by atoms with E-state index < -0.39 is 0 Å². The third-order valence-electron chi connectivity index (χ3n) is 2.70. The molecule has 0 saturated heterocycles. The monoisotopic (exact) mass is 248 g/mol. The zero-order chi connectivity index (χ0) is 13.7. The quantitative estimate of drug-likeness (QED) is 0.592. The summed E-state index contributed by atoms with van der Waals surface area (Å²) in [6, 6.07) is 5.84. The van der Waals surface area contributed by atoms with Gasteiger partial charge in [0, 0.05) is 6.42 Å². The molecule has 0 N–H and O–H groups in total. The predicted molar refractivity (Wildman–Crippen MR) is 70.8 cm³/mol. The molecule has 0 aliphatic heterocycles. The second kappa shape index (κ2) is 6.34. The van der Waals surface area contributed by atoms with E-state index in [1.807, 2.05) is 25.1 Å². The lowest BCUT2D eigenvalue weighted by molar-refractivity contribution is -0.136. The maximum atomic E-state index is 11.6. The van der Waals surface area contributed by atoms with E-state index >= 15 is 0 Å². The van der Waals surface area contributed by atoms with E-state index in [0.29, 0.717) is 11.7 Å². The molecule has 0 bridgehead atoms. The Bertz CT molecular complexity index is 447. The van der Waals surface area contributed by atoms with Gasteiger partial charge in [-0.1, -0.05) is 26.0 Å². The Labute approximate surface area is 108 Å². The molecule has 18 heavy (non-hydrogen) atoms. The van der Waals surface area contributed by atoms with Crippen molar-refractivity contribution < 1.29 is 14.3 Å². The van der Waals surface area contributed by atoms with Gasteiger partial charge in [-0.25, -0.2) is 0 Å². The number of hydrogen-bond donors (Lipinski definition) is 0. The van der Waals surface area contributed by atoms with Crippen LogP contribution in [0.25, 0.3) is 0 Å². The van der Waals surface area contributed by atoms with Crippen LogP contribution in [0.3, 0.4) is 0 Å². The van der Waals surface area contributed by atoms with Gasteiger partial charge in [0.2, 0.25) is 0 Å². The molecular formula is C15H20O3. The molecule has 0 unspecified atom stereocenters. The van der Waals surface area contributed by atoms with Gasteiger partial charge >= 0.3 is 5.97 Å². The zero-order valence-corrected chi connectivity index (χ0v) is 11.4. The Morgan fingerprint density at radius 3 is 2.44 bits per heavy atom. The van der Waals surface area contributed by atoms with Crippen molar-refractivity contribution in [2.24, 2.45) is 0 Å². The Morgan fingerprint density at radius 1 is 1.22 bits per heavy atom. The average Bonchev–Trinajstić information content (AvgIpc) is 2.26. The Balaban J connectivity index is 2.79. The van der Waals surface area contributed by atoms with Gasteiger partial charge in [0.15, 0.2) is 0 Å². The highest BCUT2D eigenvalue weighted by molar-refractivity contribution is 5.82. The number of ether oxygens (including phenoxy) is 1. The smallest absolute Gasteiger partial charge is 0.311 e. The van der Waals surface area contributed by atoms with E-state index in [-0.39, 0.29) is 24.6 Å². The van der Waals surface area contributed by atoms with Crippen molar-refractivity contribution in [2.75, 3.05) is 0 Å². The van der Waals surface area contributed by atoms with Crippen LogP contribution in [-0.4, -0.2) is 11.8 Å². The van der Waals surface area contributed by atoms with Crippen LogP contribution in [0.1, 0.15) is 50.7 Å². The van der Waals surface area contributed by atoms with Crippen molar-refractivity contribution in [1.82, 2.24) is 0 Å². The summed E-state index contributed by atoms with van der Waals surface area (Å²) in [6.45, 7) is 7.53. The highest BCUT2D eigenvalue weighted by Gasteiger charge is 2.12. The summed E-state index contributed by atoms with van der Waals surface area (Å²) in [7, 11) is 0. The van der Waals surface area contributed by atoms with Gasteiger partial charge in [0.05, 0.1) is 6.42 Å². The summed E-state index contributed by atoms with van der Waals surface area (Å²) in [5.41, 5.74) is 2.06. The molecule has 1 aromatic rings. The molecule has 1 rings (SSSR count). The second-order valence-corrected chi connectivity index (χ2v) is 4.87. The minimum absolute atomic E-state index is 0.000255. The van der Waals surface area contributed by atoms with Crippen LogP contribution in [0.2, 0.25) is 0 Å². The summed E-state index contributed by atoms with van der Waals surface area (Å²) in [5.74, 6) is 0.553. The molecule has 0 aromatic heterocycles. The van der Waals surface area contributed by atoms with Crippen LogP contribution in [0, 0.1) is 6.92 Å². The van der Waals surface area contributed by atoms with E-state index in [2.05, 4.69) is 13.8 Å². The van der Waals surface area contributed by atoms with Crippen LogP contribution < -0.4 is 4.74 Å². The minimum Gasteiger partial charge on any atom is -0.426 e. The summed E-state index contributed by atoms with van der Waals surface area (Å²) >= 11 is 0. The third kappa shape index (κ3) is 4.32. The van der Waals surface area contributed by atoms with Gasteiger partial charge in [-0.2, -0.15) is 0 Å². The van der Waals surface area contributed by atoms with E-state index in [0.717, 1.165) is 11.1 Å². The Hall–Kier alpha value is -1.64. The van der Waals surface area contributed by atoms with Gasteiger partial charge in [-0.05, 0) is 37.0 Å². The predicted octanol–water partition coefficient (Wildman–Crippen LogP) is 3.39. The molecule has 0 atom stereocenters. The van der Waals surface area contributed by atoms with Gasteiger partial charge in [-0.15, -0.1) is 0 Å². The molecule has 98 valence electrons. The van der Waals surface area contributed by atoms with Crippen molar-refractivity contribution in [3.8, 4) is 5.75 Å². The van der Waals surface area contributed by atoms with Crippen molar-refractivity contribution in [2.45, 2.75) is 46.5 Å². The Kier molecular flexibility index (Phi) is 5.08. The first-order chi connectivity index (χ1) is 8.40. The summed E-state index contributed by atoms with van der Waals surface area (Å²) in [5, 5.41) is 0. The lowest BCUT2D eigenvalue weighted by atomic mass is 10.0. The number of aryl methyl sites for hydroxylation is 1. The standard InChI is InChI=1S/C15H20O3/c1-10(2)13-7-5-11(3)9-14(13)18-15(17)8-6-12(4)16/h5,7,9-10H,6,8H2,1-4H3. The van der Waals surface area contributed by atoms with Crippen molar-refractivity contribution in [3.05, 3.63) is 29.3 Å². The first kappa shape index (κ1) is 14.4. The largest absolute Gasteiger partial charge is 0.426 e. The summed E-state index contributed by atoms with van der Waals surface area (Å²) in [6.07, 6.45) is 0.377. The van der Waals surface area contributed by atoms with Crippen LogP contribution in [0.15, 0.2) is 18.2 Å². The third-order valence-corrected chi connectivity index (χ3v) is 2.70. The lowest BCUT2D eigenvalue weighted by Crippen LogP contribution is -2.11. The number of ketones is 1. The van der Waals surface area contributed by atoms with Crippen LogP contribution in [0.5, 0.6) is 5.75 Å². The normalized spacial score (nSPS) is 10.5. The SMILES string of the molecule is CC(=O)CCC(=O)Oc1cc(C)ccc1C(C)C. The fourth-order valence-electron chi connectivity index (χ4n) is 1.66. The number of hydrogen-bond acceptors (Lipinski definition) is 3.